The number of amides is 2. The van der Waals surface area contributed by atoms with Gasteiger partial charge >= 0.3 is 0 Å². The van der Waals surface area contributed by atoms with Gasteiger partial charge in [-0.25, -0.2) is 10.00 Å². The maximum absolute atomic E-state index is 13.3. The van der Waals surface area contributed by atoms with Gasteiger partial charge in [-0.05, 0) is 53.8 Å². The van der Waals surface area contributed by atoms with Crippen LogP contribution in [0.15, 0.2) is 6.33 Å². The SMILES string of the molecule is CCC(C(=O)N(C=O)c1ncn[nH]1)C(CC(C)(C)C(C)(C)CCC(C)(C)C)C(C)C. The summed E-state index contributed by atoms with van der Waals surface area (Å²) < 4.78 is 0. The van der Waals surface area contributed by atoms with Crippen LogP contribution in [-0.2, 0) is 9.59 Å². The molecule has 1 heterocycles. The van der Waals surface area contributed by atoms with Crippen molar-refractivity contribution in [2.75, 3.05) is 4.90 Å². The maximum Gasteiger partial charge on any atom is 0.239 e. The molecule has 6 heteroatoms. The number of hydrogen-bond donors (Lipinski definition) is 1. The minimum absolute atomic E-state index is 0.0408. The summed E-state index contributed by atoms with van der Waals surface area (Å²) >= 11 is 0. The molecule has 0 aliphatic rings. The van der Waals surface area contributed by atoms with Crippen molar-refractivity contribution < 1.29 is 9.59 Å². The number of hydrogen-bond acceptors (Lipinski definition) is 4. The van der Waals surface area contributed by atoms with Gasteiger partial charge < -0.3 is 0 Å². The summed E-state index contributed by atoms with van der Waals surface area (Å²) in [6.45, 7) is 22.6. The van der Waals surface area contributed by atoms with E-state index in [1.807, 2.05) is 6.92 Å². The molecule has 2 atom stereocenters. The van der Waals surface area contributed by atoms with E-state index in [-0.39, 0.29) is 34.5 Å². The lowest BCUT2D eigenvalue weighted by atomic mass is 9.58. The molecule has 1 N–H and O–H groups in total. The van der Waals surface area contributed by atoms with Gasteiger partial charge in [0.25, 0.3) is 0 Å². The minimum Gasteiger partial charge on any atom is -0.278 e. The van der Waals surface area contributed by atoms with Crippen molar-refractivity contribution in [2.24, 2.45) is 34.0 Å². The first-order chi connectivity index (χ1) is 13.7. The second kappa shape index (κ2) is 10.1. The molecule has 1 rings (SSSR count). The molecular formula is C24H44N4O2. The summed E-state index contributed by atoms with van der Waals surface area (Å²) in [5, 5.41) is 6.41. The molecule has 0 saturated heterocycles. The van der Waals surface area contributed by atoms with Gasteiger partial charge in [-0.15, -0.1) is 0 Å². The van der Waals surface area contributed by atoms with Crippen molar-refractivity contribution in [1.29, 1.82) is 0 Å². The summed E-state index contributed by atoms with van der Waals surface area (Å²) in [5.41, 5.74) is 0.470. The number of H-pyrrole nitrogens is 1. The monoisotopic (exact) mass is 420 g/mol. The van der Waals surface area contributed by atoms with Crippen molar-refractivity contribution in [3.8, 4) is 0 Å². The van der Waals surface area contributed by atoms with E-state index in [1.165, 1.54) is 6.33 Å². The topological polar surface area (TPSA) is 79.0 Å². The van der Waals surface area contributed by atoms with Gasteiger partial charge in [0.05, 0.1) is 0 Å². The number of nitrogens with one attached hydrogen (secondary N) is 1. The third-order valence-corrected chi connectivity index (χ3v) is 7.18. The second-order valence-corrected chi connectivity index (χ2v) is 11.6. The quantitative estimate of drug-likeness (QED) is 0.455. The molecule has 0 aliphatic heterocycles. The third-order valence-electron chi connectivity index (χ3n) is 7.18. The van der Waals surface area contributed by atoms with E-state index in [0.717, 1.165) is 24.2 Å². The highest BCUT2D eigenvalue weighted by molar-refractivity contribution is 6.06. The molecule has 1 aromatic rings. The number of anilines is 1. The molecule has 0 spiro atoms. The zero-order chi connectivity index (χ0) is 23.3. The summed E-state index contributed by atoms with van der Waals surface area (Å²) in [4.78, 5) is 30.1. The predicted molar refractivity (Wildman–Crippen MR) is 123 cm³/mol. The van der Waals surface area contributed by atoms with Crippen LogP contribution >= 0.6 is 0 Å². The molecule has 0 saturated carbocycles. The number of nitrogens with zero attached hydrogens (tertiary/aromatic N) is 3. The summed E-state index contributed by atoms with van der Waals surface area (Å²) in [5.74, 6) is 0.210. The highest BCUT2D eigenvalue weighted by Gasteiger charge is 2.43. The van der Waals surface area contributed by atoms with Crippen molar-refractivity contribution >= 4 is 18.3 Å². The highest BCUT2D eigenvalue weighted by Crippen LogP contribution is 2.50. The van der Waals surface area contributed by atoms with E-state index in [4.69, 9.17) is 0 Å². The van der Waals surface area contributed by atoms with Crippen LogP contribution in [0.4, 0.5) is 5.95 Å². The molecule has 30 heavy (non-hydrogen) atoms. The van der Waals surface area contributed by atoms with Crippen LogP contribution in [0.3, 0.4) is 0 Å². The van der Waals surface area contributed by atoms with E-state index >= 15 is 0 Å². The smallest absolute Gasteiger partial charge is 0.239 e. The fourth-order valence-electron chi connectivity index (χ4n) is 4.09. The lowest BCUT2D eigenvalue weighted by Gasteiger charge is -2.47. The Kier molecular flexibility index (Phi) is 8.82. The molecule has 0 bridgehead atoms. The van der Waals surface area contributed by atoms with E-state index < -0.39 is 0 Å². The van der Waals surface area contributed by atoms with Crippen molar-refractivity contribution in [1.82, 2.24) is 15.2 Å². The minimum atomic E-state index is -0.252. The molecule has 1 aromatic heterocycles. The van der Waals surface area contributed by atoms with Gasteiger partial charge in [-0.3, -0.25) is 9.59 Å². The van der Waals surface area contributed by atoms with E-state index in [2.05, 4.69) is 77.5 Å². The summed E-state index contributed by atoms with van der Waals surface area (Å²) in [7, 11) is 0. The van der Waals surface area contributed by atoms with Crippen LogP contribution in [0.2, 0.25) is 0 Å². The molecule has 0 aromatic carbocycles. The Morgan fingerprint density at radius 1 is 1.10 bits per heavy atom. The Labute approximate surface area is 183 Å². The zero-order valence-electron chi connectivity index (χ0n) is 20.9. The Hall–Kier alpha value is -1.72. The van der Waals surface area contributed by atoms with Gasteiger partial charge in [0.15, 0.2) is 0 Å². The molecule has 0 radical (unpaired) electrons. The lowest BCUT2D eigenvalue weighted by Crippen LogP contribution is -2.43. The van der Waals surface area contributed by atoms with E-state index in [1.54, 1.807) is 0 Å². The molecule has 6 nitrogen and oxygen atoms in total. The number of imide groups is 1. The lowest BCUT2D eigenvalue weighted by molar-refractivity contribution is -0.128. The van der Waals surface area contributed by atoms with Crippen LogP contribution in [0, 0.1) is 34.0 Å². The van der Waals surface area contributed by atoms with Crippen LogP contribution < -0.4 is 4.90 Å². The van der Waals surface area contributed by atoms with Crippen LogP contribution in [0.1, 0.15) is 94.9 Å². The van der Waals surface area contributed by atoms with Crippen molar-refractivity contribution in [2.45, 2.75) is 94.9 Å². The average Bonchev–Trinajstić information content (AvgIpc) is 3.14. The Morgan fingerprint density at radius 2 is 1.70 bits per heavy atom. The number of carbonyl (C=O) groups excluding carboxylic acids is 2. The molecular weight excluding hydrogens is 376 g/mol. The molecule has 2 amide bonds. The van der Waals surface area contributed by atoms with E-state index in [9.17, 15) is 9.59 Å². The Morgan fingerprint density at radius 3 is 2.10 bits per heavy atom. The normalized spacial score (nSPS) is 15.2. The molecule has 2 unspecified atom stereocenters. The van der Waals surface area contributed by atoms with Gasteiger partial charge in [0.1, 0.15) is 6.33 Å². The largest absolute Gasteiger partial charge is 0.278 e. The number of aromatic amines is 1. The molecule has 0 fully saturated rings. The predicted octanol–water partition coefficient (Wildman–Crippen LogP) is 5.86. The zero-order valence-corrected chi connectivity index (χ0v) is 20.9. The first-order valence-electron chi connectivity index (χ1n) is 11.3. The Bertz CT molecular complexity index is 672. The third kappa shape index (κ3) is 6.64. The molecule has 172 valence electrons. The number of carbonyl (C=O) groups is 2. The van der Waals surface area contributed by atoms with Crippen molar-refractivity contribution in [3.63, 3.8) is 0 Å². The van der Waals surface area contributed by atoms with Gasteiger partial charge in [0.2, 0.25) is 18.3 Å². The molecule has 0 aliphatic carbocycles. The van der Waals surface area contributed by atoms with E-state index in [0.29, 0.717) is 24.2 Å². The first kappa shape index (κ1) is 26.3. The summed E-state index contributed by atoms with van der Waals surface area (Å²) in [6.07, 6.45) is 5.75. The fourth-order valence-corrected chi connectivity index (χ4v) is 4.09. The fraction of sp³-hybridized carbons (Fsp3) is 0.833. The van der Waals surface area contributed by atoms with Crippen LogP contribution in [0.25, 0.3) is 0 Å². The van der Waals surface area contributed by atoms with Gasteiger partial charge in [0, 0.05) is 5.92 Å². The first-order valence-corrected chi connectivity index (χ1v) is 11.3. The second-order valence-electron chi connectivity index (χ2n) is 11.6. The average molecular weight is 421 g/mol. The van der Waals surface area contributed by atoms with Gasteiger partial charge in [-0.2, -0.15) is 10.1 Å². The number of rotatable bonds is 11. The Balaban J connectivity index is 3.13. The van der Waals surface area contributed by atoms with Crippen LogP contribution in [0.5, 0.6) is 0 Å². The highest BCUT2D eigenvalue weighted by atomic mass is 16.2. The van der Waals surface area contributed by atoms with Gasteiger partial charge in [-0.1, -0.05) is 69.2 Å². The van der Waals surface area contributed by atoms with Crippen molar-refractivity contribution in [3.05, 3.63) is 6.33 Å². The van der Waals surface area contributed by atoms with Crippen LogP contribution in [-0.4, -0.2) is 27.5 Å². The standard InChI is InChI=1S/C24H44N4O2/c1-11-18(20(30)28(16-29)21-25-15-26-27-21)19(17(2)3)14-24(9,10)23(7,8)13-12-22(4,5)6/h15-19H,11-14H2,1-10H3,(H,25,26,27). The summed E-state index contributed by atoms with van der Waals surface area (Å²) in [6, 6.07) is 0. The number of aromatic nitrogens is 3. The maximum atomic E-state index is 13.3.